The zero-order valence-electron chi connectivity index (χ0n) is 5.01. The quantitative estimate of drug-likeness (QED) is 0.486. The summed E-state index contributed by atoms with van der Waals surface area (Å²) in [6.45, 7) is 0. The van der Waals surface area contributed by atoms with E-state index >= 15 is 0 Å². The molecule has 0 saturated carbocycles. The van der Waals surface area contributed by atoms with Crippen molar-refractivity contribution in [3.63, 3.8) is 0 Å². The second-order valence-corrected chi connectivity index (χ2v) is 6.92. The van der Waals surface area contributed by atoms with Gasteiger partial charge in [0.1, 0.15) is 3.26 Å². The van der Waals surface area contributed by atoms with Crippen molar-refractivity contribution in [2.45, 2.75) is 22.5 Å². The molecular weight excluding hydrogens is 251 g/mol. The monoisotopic (exact) mass is 260 g/mol. The van der Waals surface area contributed by atoms with Gasteiger partial charge < -0.3 is 0 Å². The summed E-state index contributed by atoms with van der Waals surface area (Å²) in [5.41, 5.74) is 0. The maximum absolute atomic E-state index is 11.0. The van der Waals surface area contributed by atoms with E-state index in [9.17, 15) is 8.42 Å². The molecule has 1 rings (SSSR count). The SMILES string of the molecule is O=S1(=O)CCCC[C@H]1I. The van der Waals surface area contributed by atoms with Crippen molar-refractivity contribution in [3.8, 4) is 0 Å². The van der Waals surface area contributed by atoms with E-state index in [0.717, 1.165) is 19.3 Å². The summed E-state index contributed by atoms with van der Waals surface area (Å²) in [6.07, 6.45) is 2.79. The Hall–Kier alpha value is 0.680. The standard InChI is InChI=1S/C5H9IO2S/c6-5-3-1-2-4-9(5,7)8/h5H,1-4H2/t5-/m0/s1. The van der Waals surface area contributed by atoms with Crippen molar-refractivity contribution in [3.05, 3.63) is 0 Å². The van der Waals surface area contributed by atoms with Crippen LogP contribution in [0.15, 0.2) is 0 Å². The molecule has 2 nitrogen and oxygen atoms in total. The minimum atomic E-state index is -2.67. The zero-order chi connectivity index (χ0) is 6.91. The minimum absolute atomic E-state index is 0.108. The molecule has 0 amide bonds. The Morgan fingerprint density at radius 2 is 2.00 bits per heavy atom. The first-order valence-corrected chi connectivity index (χ1v) is 5.95. The number of rotatable bonds is 0. The van der Waals surface area contributed by atoms with E-state index in [4.69, 9.17) is 0 Å². The number of hydrogen-bond acceptors (Lipinski definition) is 2. The molecule has 0 spiro atoms. The molecule has 1 saturated heterocycles. The van der Waals surface area contributed by atoms with Crippen LogP contribution in [-0.4, -0.2) is 17.4 Å². The molecule has 0 bridgehead atoms. The van der Waals surface area contributed by atoms with Gasteiger partial charge in [-0.3, -0.25) is 0 Å². The molecule has 1 heterocycles. The smallest absolute Gasteiger partial charge is 0.162 e. The van der Waals surface area contributed by atoms with E-state index in [1.54, 1.807) is 0 Å². The fourth-order valence-electron chi connectivity index (χ4n) is 0.916. The van der Waals surface area contributed by atoms with E-state index < -0.39 is 9.84 Å². The lowest BCUT2D eigenvalue weighted by Gasteiger charge is -2.15. The largest absolute Gasteiger partial charge is 0.228 e. The lowest BCUT2D eigenvalue weighted by atomic mass is 10.3. The van der Waals surface area contributed by atoms with Crippen LogP contribution in [-0.2, 0) is 9.84 Å². The molecule has 9 heavy (non-hydrogen) atoms. The molecule has 0 aliphatic carbocycles. The topological polar surface area (TPSA) is 34.1 Å². The molecule has 0 aromatic carbocycles. The van der Waals surface area contributed by atoms with E-state index in [0.29, 0.717) is 5.75 Å². The summed E-state index contributed by atoms with van der Waals surface area (Å²) >= 11 is 2.01. The highest BCUT2D eigenvalue weighted by Gasteiger charge is 2.25. The summed E-state index contributed by atoms with van der Waals surface area (Å²) in [7, 11) is -2.67. The van der Waals surface area contributed by atoms with Crippen LogP contribution in [0.4, 0.5) is 0 Å². The predicted molar refractivity (Wildman–Crippen MR) is 45.4 cm³/mol. The van der Waals surface area contributed by atoms with Crippen LogP contribution < -0.4 is 0 Å². The van der Waals surface area contributed by atoms with Crippen molar-refractivity contribution in [2.75, 3.05) is 5.75 Å². The third-order valence-electron chi connectivity index (χ3n) is 1.50. The normalized spacial score (nSPS) is 34.1. The van der Waals surface area contributed by atoms with Crippen LogP contribution in [0.5, 0.6) is 0 Å². The van der Waals surface area contributed by atoms with Gasteiger partial charge in [-0.25, -0.2) is 8.42 Å². The molecule has 0 aromatic heterocycles. The fraction of sp³-hybridized carbons (Fsp3) is 1.00. The Labute approximate surface area is 69.1 Å². The van der Waals surface area contributed by atoms with E-state index in [-0.39, 0.29) is 3.26 Å². The number of hydrogen-bond donors (Lipinski definition) is 0. The summed E-state index contributed by atoms with van der Waals surface area (Å²) in [5, 5.41) is 0. The van der Waals surface area contributed by atoms with Gasteiger partial charge in [0.2, 0.25) is 0 Å². The first kappa shape index (κ1) is 7.78. The van der Waals surface area contributed by atoms with Gasteiger partial charge in [-0.15, -0.1) is 0 Å². The van der Waals surface area contributed by atoms with Crippen molar-refractivity contribution in [2.24, 2.45) is 0 Å². The van der Waals surface area contributed by atoms with Crippen molar-refractivity contribution in [1.82, 2.24) is 0 Å². The number of halogens is 1. The van der Waals surface area contributed by atoms with Gasteiger partial charge in [-0.2, -0.15) is 0 Å². The van der Waals surface area contributed by atoms with Gasteiger partial charge in [0.15, 0.2) is 9.84 Å². The van der Waals surface area contributed by atoms with Gasteiger partial charge >= 0.3 is 0 Å². The first-order valence-electron chi connectivity index (χ1n) is 2.98. The molecule has 0 aromatic rings. The van der Waals surface area contributed by atoms with Crippen LogP contribution in [0.3, 0.4) is 0 Å². The summed E-state index contributed by atoms with van der Waals surface area (Å²) < 4.78 is 21.8. The third kappa shape index (κ3) is 1.80. The van der Waals surface area contributed by atoms with E-state index in [1.165, 1.54) is 0 Å². The highest BCUT2D eigenvalue weighted by atomic mass is 127. The summed E-state index contributed by atoms with van der Waals surface area (Å²) in [4.78, 5) is 0. The van der Waals surface area contributed by atoms with Gasteiger partial charge in [-0.05, 0) is 12.8 Å². The van der Waals surface area contributed by atoms with Crippen LogP contribution >= 0.6 is 22.6 Å². The zero-order valence-corrected chi connectivity index (χ0v) is 7.98. The molecular formula is C5H9IO2S. The number of sulfone groups is 1. The molecule has 1 atom stereocenters. The van der Waals surface area contributed by atoms with Gasteiger partial charge in [0.25, 0.3) is 0 Å². The Morgan fingerprint density at radius 3 is 2.33 bits per heavy atom. The lowest BCUT2D eigenvalue weighted by molar-refractivity contribution is 0.572. The molecule has 0 unspecified atom stereocenters. The van der Waals surface area contributed by atoms with Gasteiger partial charge in [0, 0.05) is 0 Å². The number of alkyl halides is 1. The third-order valence-corrected chi connectivity index (χ3v) is 6.32. The second-order valence-electron chi connectivity index (χ2n) is 2.27. The lowest BCUT2D eigenvalue weighted by Crippen LogP contribution is -2.22. The Balaban J connectivity index is 2.72. The molecule has 4 heteroatoms. The highest BCUT2D eigenvalue weighted by molar-refractivity contribution is 14.1. The van der Waals surface area contributed by atoms with Gasteiger partial charge in [0.05, 0.1) is 5.75 Å². The average molecular weight is 260 g/mol. The Kier molecular flexibility index (Phi) is 2.37. The second kappa shape index (κ2) is 2.74. The molecule has 54 valence electrons. The van der Waals surface area contributed by atoms with Crippen molar-refractivity contribution < 1.29 is 8.42 Å². The Morgan fingerprint density at radius 1 is 1.33 bits per heavy atom. The van der Waals surface area contributed by atoms with Gasteiger partial charge in [-0.1, -0.05) is 29.0 Å². The van der Waals surface area contributed by atoms with E-state index in [1.807, 2.05) is 22.6 Å². The Bertz CT molecular complexity index is 185. The highest BCUT2D eigenvalue weighted by Crippen LogP contribution is 2.23. The summed E-state index contributed by atoms with van der Waals surface area (Å²) in [5.74, 6) is 0.403. The molecule has 0 radical (unpaired) electrons. The van der Waals surface area contributed by atoms with Crippen molar-refractivity contribution in [1.29, 1.82) is 0 Å². The van der Waals surface area contributed by atoms with Crippen LogP contribution in [0, 0.1) is 0 Å². The molecule has 1 aliphatic rings. The van der Waals surface area contributed by atoms with Crippen LogP contribution in [0.25, 0.3) is 0 Å². The molecule has 1 fully saturated rings. The predicted octanol–water partition coefficient (Wildman–Crippen LogP) is 1.35. The molecule has 0 N–H and O–H groups in total. The fourth-order valence-corrected chi connectivity index (χ4v) is 3.51. The summed E-state index contributed by atoms with van der Waals surface area (Å²) in [6, 6.07) is 0. The van der Waals surface area contributed by atoms with Crippen molar-refractivity contribution >= 4 is 32.4 Å². The van der Waals surface area contributed by atoms with E-state index in [2.05, 4.69) is 0 Å². The maximum atomic E-state index is 11.0. The van der Waals surface area contributed by atoms with Crippen LogP contribution in [0.1, 0.15) is 19.3 Å². The van der Waals surface area contributed by atoms with Crippen LogP contribution in [0.2, 0.25) is 0 Å². The first-order chi connectivity index (χ1) is 4.13. The molecule has 1 aliphatic heterocycles. The maximum Gasteiger partial charge on any atom is 0.162 e. The minimum Gasteiger partial charge on any atom is -0.228 e. The average Bonchev–Trinajstić information content (AvgIpc) is 1.77.